The smallest absolute Gasteiger partial charge is 0.307 e. The van der Waals surface area contributed by atoms with E-state index < -0.39 is 0 Å². The van der Waals surface area contributed by atoms with Gasteiger partial charge in [-0.2, -0.15) is 0 Å². The third-order valence-corrected chi connectivity index (χ3v) is 2.01. The summed E-state index contributed by atoms with van der Waals surface area (Å²) >= 11 is 0. The molecular formula is C8H15ClN2O3. The summed E-state index contributed by atoms with van der Waals surface area (Å²) in [6, 6.07) is 0. The number of hydrogen-bond acceptors (Lipinski definition) is 4. The van der Waals surface area contributed by atoms with Crippen LogP contribution in [0.15, 0.2) is 0 Å². The number of carbonyl (C=O) groups excluding carboxylic acids is 2. The maximum Gasteiger partial charge on any atom is 0.307 e. The Labute approximate surface area is 89.0 Å². The fourth-order valence-corrected chi connectivity index (χ4v) is 1.01. The highest BCUT2D eigenvalue weighted by atomic mass is 35.5. The number of carbonyl (C=O) groups is 2. The van der Waals surface area contributed by atoms with Crippen molar-refractivity contribution in [2.75, 3.05) is 26.7 Å². The van der Waals surface area contributed by atoms with Crippen molar-refractivity contribution in [1.82, 2.24) is 10.6 Å². The van der Waals surface area contributed by atoms with Crippen LogP contribution in [0.5, 0.6) is 0 Å². The molecule has 0 spiro atoms. The first-order chi connectivity index (χ1) is 6.24. The van der Waals surface area contributed by atoms with Gasteiger partial charge in [0, 0.05) is 19.6 Å². The van der Waals surface area contributed by atoms with Crippen LogP contribution < -0.4 is 10.6 Å². The SMILES string of the molecule is COC(=O)CCNC(=O)C1CNC1.Cl. The van der Waals surface area contributed by atoms with Gasteiger partial charge < -0.3 is 15.4 Å². The molecule has 1 fully saturated rings. The van der Waals surface area contributed by atoms with E-state index in [1.165, 1.54) is 7.11 Å². The van der Waals surface area contributed by atoms with Crippen molar-refractivity contribution in [1.29, 1.82) is 0 Å². The summed E-state index contributed by atoms with van der Waals surface area (Å²) in [7, 11) is 1.33. The molecule has 0 radical (unpaired) electrons. The van der Waals surface area contributed by atoms with E-state index in [2.05, 4.69) is 15.4 Å². The number of halogens is 1. The van der Waals surface area contributed by atoms with Crippen molar-refractivity contribution < 1.29 is 14.3 Å². The van der Waals surface area contributed by atoms with Gasteiger partial charge in [0.05, 0.1) is 19.4 Å². The molecule has 1 aliphatic rings. The van der Waals surface area contributed by atoms with Crippen LogP contribution in [0.3, 0.4) is 0 Å². The third-order valence-electron chi connectivity index (χ3n) is 2.01. The minimum absolute atomic E-state index is 0. The van der Waals surface area contributed by atoms with E-state index in [9.17, 15) is 9.59 Å². The topological polar surface area (TPSA) is 67.4 Å². The van der Waals surface area contributed by atoms with E-state index >= 15 is 0 Å². The number of hydrogen-bond donors (Lipinski definition) is 2. The lowest BCUT2D eigenvalue weighted by Gasteiger charge is -2.25. The highest BCUT2D eigenvalue weighted by Gasteiger charge is 2.24. The van der Waals surface area contributed by atoms with Gasteiger partial charge in [0.25, 0.3) is 0 Å². The van der Waals surface area contributed by atoms with Crippen molar-refractivity contribution in [2.45, 2.75) is 6.42 Å². The molecular weight excluding hydrogens is 208 g/mol. The number of methoxy groups -OCH3 is 1. The Bertz CT molecular complexity index is 207. The summed E-state index contributed by atoms with van der Waals surface area (Å²) in [5.41, 5.74) is 0. The van der Waals surface area contributed by atoms with E-state index in [1.54, 1.807) is 0 Å². The Morgan fingerprint density at radius 3 is 2.57 bits per heavy atom. The zero-order valence-electron chi connectivity index (χ0n) is 8.04. The van der Waals surface area contributed by atoms with Gasteiger partial charge in [0.1, 0.15) is 0 Å². The Morgan fingerprint density at radius 2 is 2.14 bits per heavy atom. The quantitative estimate of drug-likeness (QED) is 0.618. The van der Waals surface area contributed by atoms with Gasteiger partial charge in [-0.05, 0) is 0 Å². The largest absolute Gasteiger partial charge is 0.469 e. The molecule has 0 aliphatic carbocycles. The van der Waals surface area contributed by atoms with Gasteiger partial charge in [-0.25, -0.2) is 0 Å². The van der Waals surface area contributed by atoms with Crippen LogP contribution in [0.2, 0.25) is 0 Å². The van der Waals surface area contributed by atoms with E-state index in [1.807, 2.05) is 0 Å². The highest BCUT2D eigenvalue weighted by Crippen LogP contribution is 2.01. The molecule has 5 nitrogen and oxygen atoms in total. The zero-order chi connectivity index (χ0) is 9.68. The van der Waals surface area contributed by atoms with Gasteiger partial charge in [0.15, 0.2) is 0 Å². The molecule has 1 amide bonds. The number of ether oxygens (including phenoxy) is 1. The van der Waals surface area contributed by atoms with E-state index in [-0.39, 0.29) is 36.6 Å². The van der Waals surface area contributed by atoms with Gasteiger partial charge in [0.2, 0.25) is 5.91 Å². The number of amides is 1. The van der Waals surface area contributed by atoms with Crippen LogP contribution in [0, 0.1) is 5.92 Å². The van der Waals surface area contributed by atoms with Crippen molar-refractivity contribution >= 4 is 24.3 Å². The molecule has 0 bridgehead atoms. The lowest BCUT2D eigenvalue weighted by Crippen LogP contribution is -2.51. The second kappa shape index (κ2) is 6.62. The first-order valence-corrected chi connectivity index (χ1v) is 4.29. The van der Waals surface area contributed by atoms with Gasteiger partial charge in [-0.3, -0.25) is 9.59 Å². The molecule has 1 heterocycles. The molecule has 0 atom stereocenters. The fourth-order valence-electron chi connectivity index (χ4n) is 1.01. The van der Waals surface area contributed by atoms with Crippen molar-refractivity contribution in [2.24, 2.45) is 5.92 Å². The molecule has 0 aromatic carbocycles. The maximum atomic E-state index is 11.2. The summed E-state index contributed by atoms with van der Waals surface area (Å²) in [6.45, 7) is 1.84. The standard InChI is InChI=1S/C8H14N2O3.ClH/c1-13-7(11)2-3-10-8(12)6-4-9-5-6;/h6,9H,2-5H2,1H3,(H,10,12);1H. The van der Waals surface area contributed by atoms with Crippen LogP contribution in [0.1, 0.15) is 6.42 Å². The van der Waals surface area contributed by atoms with Crippen molar-refractivity contribution in [3.05, 3.63) is 0 Å². The minimum atomic E-state index is -0.299. The molecule has 1 aliphatic heterocycles. The second-order valence-corrected chi connectivity index (χ2v) is 2.97. The molecule has 0 unspecified atom stereocenters. The molecule has 82 valence electrons. The summed E-state index contributed by atoms with van der Waals surface area (Å²) in [6.07, 6.45) is 0.238. The minimum Gasteiger partial charge on any atom is -0.469 e. The molecule has 0 aromatic heterocycles. The average molecular weight is 223 g/mol. The number of esters is 1. The molecule has 2 N–H and O–H groups in total. The fraction of sp³-hybridized carbons (Fsp3) is 0.750. The van der Waals surface area contributed by atoms with E-state index in [0.717, 1.165) is 13.1 Å². The Balaban J connectivity index is 0.00000169. The Hall–Kier alpha value is -0.810. The Morgan fingerprint density at radius 1 is 1.50 bits per heavy atom. The molecule has 6 heteroatoms. The first-order valence-electron chi connectivity index (χ1n) is 4.29. The summed E-state index contributed by atoms with van der Waals surface area (Å²) < 4.78 is 4.43. The van der Waals surface area contributed by atoms with Crippen molar-refractivity contribution in [3.63, 3.8) is 0 Å². The van der Waals surface area contributed by atoms with Crippen molar-refractivity contribution in [3.8, 4) is 0 Å². The average Bonchev–Trinajstić information content (AvgIpc) is 2.01. The zero-order valence-corrected chi connectivity index (χ0v) is 8.86. The highest BCUT2D eigenvalue weighted by molar-refractivity contribution is 5.85. The summed E-state index contributed by atoms with van der Waals surface area (Å²) in [5.74, 6) is -0.202. The predicted molar refractivity (Wildman–Crippen MR) is 53.3 cm³/mol. The lowest BCUT2D eigenvalue weighted by molar-refractivity contribution is -0.140. The molecule has 1 saturated heterocycles. The normalized spacial score (nSPS) is 14.9. The molecule has 1 rings (SSSR count). The number of nitrogens with one attached hydrogen (secondary N) is 2. The van der Waals surface area contributed by atoms with Crippen LogP contribution >= 0.6 is 12.4 Å². The summed E-state index contributed by atoms with van der Waals surface area (Å²) in [5, 5.41) is 5.67. The molecule has 0 aromatic rings. The summed E-state index contributed by atoms with van der Waals surface area (Å²) in [4.78, 5) is 21.9. The molecule has 0 saturated carbocycles. The van der Waals surface area contributed by atoms with Crippen LogP contribution in [-0.4, -0.2) is 38.6 Å². The van der Waals surface area contributed by atoms with Gasteiger partial charge >= 0.3 is 5.97 Å². The maximum absolute atomic E-state index is 11.2. The van der Waals surface area contributed by atoms with Crippen LogP contribution in [0.25, 0.3) is 0 Å². The van der Waals surface area contributed by atoms with E-state index in [4.69, 9.17) is 0 Å². The van der Waals surface area contributed by atoms with Crippen LogP contribution in [-0.2, 0) is 14.3 Å². The van der Waals surface area contributed by atoms with Gasteiger partial charge in [-0.15, -0.1) is 12.4 Å². The van der Waals surface area contributed by atoms with Crippen LogP contribution in [0.4, 0.5) is 0 Å². The number of rotatable bonds is 4. The lowest BCUT2D eigenvalue weighted by atomic mass is 10.0. The Kier molecular flexibility index (Phi) is 6.23. The van der Waals surface area contributed by atoms with Gasteiger partial charge in [-0.1, -0.05) is 0 Å². The molecule has 14 heavy (non-hydrogen) atoms. The van der Waals surface area contributed by atoms with E-state index in [0.29, 0.717) is 6.54 Å². The third kappa shape index (κ3) is 3.93. The second-order valence-electron chi connectivity index (χ2n) is 2.97. The first kappa shape index (κ1) is 13.2. The monoisotopic (exact) mass is 222 g/mol. The predicted octanol–water partition coefficient (Wildman–Crippen LogP) is -0.693.